The second-order valence-corrected chi connectivity index (χ2v) is 3.16. The van der Waals surface area contributed by atoms with Crippen LogP contribution in [0.4, 0.5) is 0 Å². The summed E-state index contributed by atoms with van der Waals surface area (Å²) in [5.41, 5.74) is 6.90. The number of hydrogen-bond donors (Lipinski definition) is 2. The molecular formula is C10H15NOS. The molecule has 3 heteroatoms. The first-order chi connectivity index (χ1) is 6.27. The van der Waals surface area contributed by atoms with Crippen molar-refractivity contribution < 1.29 is 4.74 Å². The second kappa shape index (κ2) is 5.14. The van der Waals surface area contributed by atoms with Gasteiger partial charge in [0.2, 0.25) is 0 Å². The summed E-state index contributed by atoms with van der Waals surface area (Å²) in [7, 11) is 0. The topological polar surface area (TPSA) is 35.2 Å². The molecular weight excluding hydrogens is 182 g/mol. The Hall–Kier alpha value is -0.670. The predicted molar refractivity (Wildman–Crippen MR) is 58.4 cm³/mol. The van der Waals surface area contributed by atoms with Crippen LogP contribution in [-0.4, -0.2) is 12.4 Å². The van der Waals surface area contributed by atoms with Crippen molar-refractivity contribution in [2.75, 3.05) is 12.4 Å². The molecule has 0 heterocycles. The Kier molecular flexibility index (Phi) is 4.12. The highest BCUT2D eigenvalue weighted by Gasteiger charge is 2.03. The average Bonchev–Trinajstić information content (AvgIpc) is 2.18. The van der Waals surface area contributed by atoms with Crippen molar-refractivity contribution in [2.24, 2.45) is 5.73 Å². The maximum absolute atomic E-state index is 5.83. The maximum Gasteiger partial charge on any atom is 0.119 e. The van der Waals surface area contributed by atoms with E-state index < -0.39 is 0 Å². The molecule has 2 nitrogen and oxygen atoms in total. The molecule has 0 saturated carbocycles. The zero-order valence-electron chi connectivity index (χ0n) is 7.73. The first-order valence-corrected chi connectivity index (χ1v) is 5.00. The van der Waals surface area contributed by atoms with E-state index in [1.165, 1.54) is 0 Å². The molecule has 0 saturated heterocycles. The van der Waals surface area contributed by atoms with E-state index >= 15 is 0 Å². The van der Waals surface area contributed by atoms with Gasteiger partial charge in [0.25, 0.3) is 0 Å². The quantitative estimate of drug-likeness (QED) is 0.724. The maximum atomic E-state index is 5.83. The summed E-state index contributed by atoms with van der Waals surface area (Å²) < 4.78 is 5.36. The highest BCUT2D eigenvalue weighted by molar-refractivity contribution is 7.80. The molecule has 1 rings (SSSR count). The van der Waals surface area contributed by atoms with E-state index in [1.54, 1.807) is 0 Å². The molecule has 0 amide bonds. The van der Waals surface area contributed by atoms with Crippen molar-refractivity contribution in [3.8, 4) is 5.75 Å². The molecule has 13 heavy (non-hydrogen) atoms. The Balaban J connectivity index is 2.78. The van der Waals surface area contributed by atoms with Gasteiger partial charge in [0.05, 0.1) is 6.61 Å². The number of ether oxygens (including phenoxy) is 1. The van der Waals surface area contributed by atoms with Crippen molar-refractivity contribution in [3.05, 3.63) is 29.8 Å². The lowest BCUT2D eigenvalue weighted by molar-refractivity contribution is 0.339. The molecule has 0 bridgehead atoms. The summed E-state index contributed by atoms with van der Waals surface area (Å²) in [6.45, 7) is 2.64. The first kappa shape index (κ1) is 10.4. The van der Waals surface area contributed by atoms with Gasteiger partial charge in [-0.2, -0.15) is 12.6 Å². The Bertz CT molecular complexity index is 265. The minimum atomic E-state index is -0.0104. The van der Waals surface area contributed by atoms with Crippen molar-refractivity contribution in [1.82, 2.24) is 0 Å². The number of thiol groups is 1. The van der Waals surface area contributed by atoms with Crippen LogP contribution >= 0.6 is 12.6 Å². The van der Waals surface area contributed by atoms with Gasteiger partial charge in [-0.05, 0) is 24.6 Å². The van der Waals surface area contributed by atoms with Gasteiger partial charge >= 0.3 is 0 Å². The lowest BCUT2D eigenvalue weighted by Gasteiger charge is -2.10. The monoisotopic (exact) mass is 197 g/mol. The predicted octanol–water partition coefficient (Wildman–Crippen LogP) is 2.01. The SMILES string of the molecule is CCOc1cccc(C(N)CS)c1. The third kappa shape index (κ3) is 2.94. The summed E-state index contributed by atoms with van der Waals surface area (Å²) in [5, 5.41) is 0. The van der Waals surface area contributed by atoms with Gasteiger partial charge in [0.1, 0.15) is 5.75 Å². The van der Waals surface area contributed by atoms with Crippen molar-refractivity contribution in [2.45, 2.75) is 13.0 Å². The molecule has 1 unspecified atom stereocenters. The average molecular weight is 197 g/mol. The van der Waals surface area contributed by atoms with Gasteiger partial charge in [0.15, 0.2) is 0 Å². The number of rotatable bonds is 4. The fourth-order valence-corrected chi connectivity index (χ4v) is 1.32. The van der Waals surface area contributed by atoms with Gasteiger partial charge < -0.3 is 10.5 Å². The third-order valence-electron chi connectivity index (χ3n) is 1.79. The molecule has 2 N–H and O–H groups in total. The van der Waals surface area contributed by atoms with E-state index in [9.17, 15) is 0 Å². The lowest BCUT2D eigenvalue weighted by Crippen LogP contribution is -2.11. The summed E-state index contributed by atoms with van der Waals surface area (Å²) in [6, 6.07) is 7.82. The van der Waals surface area contributed by atoms with E-state index in [4.69, 9.17) is 10.5 Å². The largest absolute Gasteiger partial charge is 0.494 e. The third-order valence-corrected chi connectivity index (χ3v) is 2.19. The molecule has 72 valence electrons. The molecule has 1 aromatic carbocycles. The zero-order chi connectivity index (χ0) is 9.68. The van der Waals surface area contributed by atoms with Crippen LogP contribution in [0.5, 0.6) is 5.75 Å². The Morgan fingerprint density at radius 1 is 1.54 bits per heavy atom. The van der Waals surface area contributed by atoms with E-state index in [-0.39, 0.29) is 6.04 Å². The minimum Gasteiger partial charge on any atom is -0.494 e. The fourth-order valence-electron chi connectivity index (χ4n) is 1.11. The number of nitrogens with two attached hydrogens (primary N) is 1. The summed E-state index contributed by atoms with van der Waals surface area (Å²) >= 11 is 4.15. The van der Waals surface area contributed by atoms with Crippen LogP contribution in [0.2, 0.25) is 0 Å². The number of benzene rings is 1. The summed E-state index contributed by atoms with van der Waals surface area (Å²) in [6.07, 6.45) is 0. The molecule has 0 aliphatic carbocycles. The van der Waals surface area contributed by atoms with Gasteiger partial charge in [-0.25, -0.2) is 0 Å². The van der Waals surface area contributed by atoms with Gasteiger partial charge in [-0.15, -0.1) is 0 Å². The van der Waals surface area contributed by atoms with E-state index in [0.717, 1.165) is 11.3 Å². The van der Waals surface area contributed by atoms with Crippen LogP contribution in [0.1, 0.15) is 18.5 Å². The molecule has 1 atom stereocenters. The van der Waals surface area contributed by atoms with Gasteiger partial charge in [-0.3, -0.25) is 0 Å². The standard InChI is InChI=1S/C10H15NOS/c1-2-12-9-5-3-4-8(6-9)10(11)7-13/h3-6,10,13H,2,7,11H2,1H3. The van der Waals surface area contributed by atoms with Crippen LogP contribution in [-0.2, 0) is 0 Å². The van der Waals surface area contributed by atoms with E-state index in [2.05, 4.69) is 12.6 Å². The Morgan fingerprint density at radius 2 is 2.31 bits per heavy atom. The summed E-state index contributed by atoms with van der Waals surface area (Å²) in [4.78, 5) is 0. The Morgan fingerprint density at radius 3 is 2.92 bits per heavy atom. The molecule has 0 aliphatic rings. The van der Waals surface area contributed by atoms with Crippen LogP contribution in [0.3, 0.4) is 0 Å². The second-order valence-electron chi connectivity index (χ2n) is 2.79. The molecule has 0 aliphatic heterocycles. The first-order valence-electron chi connectivity index (χ1n) is 4.37. The van der Waals surface area contributed by atoms with Crippen LogP contribution in [0, 0.1) is 0 Å². The van der Waals surface area contributed by atoms with Crippen LogP contribution in [0.15, 0.2) is 24.3 Å². The lowest BCUT2D eigenvalue weighted by atomic mass is 10.1. The highest BCUT2D eigenvalue weighted by Crippen LogP contribution is 2.18. The molecule has 0 aromatic heterocycles. The molecule has 0 fully saturated rings. The van der Waals surface area contributed by atoms with Crippen LogP contribution < -0.4 is 10.5 Å². The number of hydrogen-bond acceptors (Lipinski definition) is 3. The molecule has 0 radical (unpaired) electrons. The molecule has 0 spiro atoms. The van der Waals surface area contributed by atoms with Gasteiger partial charge in [-0.1, -0.05) is 12.1 Å². The van der Waals surface area contributed by atoms with Crippen molar-refractivity contribution in [3.63, 3.8) is 0 Å². The normalized spacial score (nSPS) is 12.5. The van der Waals surface area contributed by atoms with Gasteiger partial charge in [0, 0.05) is 11.8 Å². The fraction of sp³-hybridized carbons (Fsp3) is 0.400. The zero-order valence-corrected chi connectivity index (χ0v) is 8.63. The van der Waals surface area contributed by atoms with E-state index in [1.807, 2.05) is 31.2 Å². The summed E-state index contributed by atoms with van der Waals surface area (Å²) in [5.74, 6) is 1.52. The van der Waals surface area contributed by atoms with Crippen molar-refractivity contribution >= 4 is 12.6 Å². The van der Waals surface area contributed by atoms with Crippen molar-refractivity contribution in [1.29, 1.82) is 0 Å². The smallest absolute Gasteiger partial charge is 0.119 e. The minimum absolute atomic E-state index is 0.0104. The Labute approximate surface area is 84.5 Å². The van der Waals surface area contributed by atoms with Crippen LogP contribution in [0.25, 0.3) is 0 Å². The van der Waals surface area contributed by atoms with E-state index in [0.29, 0.717) is 12.4 Å². The molecule has 1 aromatic rings. The highest BCUT2D eigenvalue weighted by atomic mass is 32.1.